The number of rotatable bonds is 6. The van der Waals surface area contributed by atoms with Crippen molar-refractivity contribution >= 4 is 23.5 Å². The summed E-state index contributed by atoms with van der Waals surface area (Å²) in [6, 6.07) is 14.3. The van der Waals surface area contributed by atoms with Gasteiger partial charge in [-0.3, -0.25) is 15.4 Å². The van der Waals surface area contributed by atoms with Crippen LogP contribution in [0, 0.1) is 0 Å². The van der Waals surface area contributed by atoms with Gasteiger partial charge in [0.05, 0.1) is 0 Å². The van der Waals surface area contributed by atoms with Crippen molar-refractivity contribution in [2.75, 3.05) is 16.4 Å². The Labute approximate surface area is 199 Å². The highest BCUT2D eigenvalue weighted by Gasteiger charge is 2.09. The second-order valence-electron chi connectivity index (χ2n) is 7.55. The van der Waals surface area contributed by atoms with Crippen LogP contribution in [0.5, 0.6) is 0 Å². The van der Waals surface area contributed by atoms with E-state index in [0.29, 0.717) is 23.8 Å². The average Bonchev–Trinajstić information content (AvgIpc) is 3.35. The number of nitrogens with two attached hydrogens (primary N) is 1. The van der Waals surface area contributed by atoms with E-state index in [1.807, 2.05) is 36.4 Å². The first-order valence-corrected chi connectivity index (χ1v) is 10.6. The van der Waals surface area contributed by atoms with Crippen molar-refractivity contribution < 1.29 is 4.79 Å². The minimum Gasteiger partial charge on any atom is -0.368 e. The number of carbonyl (C=O) groups is 1. The molecule has 11 heteroatoms. The molecule has 5 aromatic rings. The minimum atomic E-state index is -0.409. The fourth-order valence-electron chi connectivity index (χ4n) is 3.35. The number of aromatic nitrogens is 7. The Morgan fingerprint density at radius 1 is 0.857 bits per heavy atom. The monoisotopic (exact) mass is 464 g/mol. The number of benzene rings is 1. The van der Waals surface area contributed by atoms with E-state index in [4.69, 9.17) is 5.73 Å². The Morgan fingerprint density at radius 3 is 2.37 bits per heavy atom. The molecule has 0 aliphatic heterocycles. The second-order valence-corrected chi connectivity index (χ2v) is 7.55. The maximum absolute atomic E-state index is 12.5. The summed E-state index contributed by atoms with van der Waals surface area (Å²) in [5, 5.41) is 12.8. The molecule has 1 aromatic carbocycles. The molecule has 0 fully saturated rings. The first-order valence-electron chi connectivity index (χ1n) is 10.6. The molecule has 5 rings (SSSR count). The number of amides is 2. The molecule has 0 unspecified atom stereocenters. The van der Waals surface area contributed by atoms with E-state index in [1.165, 1.54) is 0 Å². The van der Waals surface area contributed by atoms with Crippen LogP contribution in [0.3, 0.4) is 0 Å². The lowest BCUT2D eigenvalue weighted by Gasteiger charge is -2.09. The molecule has 0 radical (unpaired) electrons. The predicted octanol–water partition coefficient (Wildman–Crippen LogP) is 3.54. The Morgan fingerprint density at radius 2 is 1.60 bits per heavy atom. The standard InChI is InChI=1S/C24H20N10O/c25-23-28-13-18(14-29-23)17-7-10-27-20(12-17)32-24(35)30-19-3-1-15(2-4-19)11-21-31-22(34-33-21)16-5-8-26-9-6-16/h1-10,12-14H,11H2,(H2,25,28,29)(H,31,33,34)(H2,27,30,32,35). The normalized spacial score (nSPS) is 10.6. The second kappa shape index (κ2) is 9.75. The van der Waals surface area contributed by atoms with Gasteiger partial charge in [-0.25, -0.2) is 24.7 Å². The lowest BCUT2D eigenvalue weighted by molar-refractivity contribution is 0.262. The molecule has 0 bridgehead atoms. The van der Waals surface area contributed by atoms with Crippen molar-refractivity contribution in [2.45, 2.75) is 6.42 Å². The molecule has 4 aromatic heterocycles. The number of nitrogens with zero attached hydrogens (tertiary/aromatic N) is 6. The van der Waals surface area contributed by atoms with Crippen LogP contribution in [-0.2, 0) is 6.42 Å². The van der Waals surface area contributed by atoms with Gasteiger partial charge in [0.1, 0.15) is 11.6 Å². The van der Waals surface area contributed by atoms with Crippen molar-refractivity contribution in [3.8, 4) is 22.5 Å². The summed E-state index contributed by atoms with van der Waals surface area (Å²) in [4.78, 5) is 33.2. The number of hydrogen-bond acceptors (Lipinski definition) is 8. The van der Waals surface area contributed by atoms with E-state index >= 15 is 0 Å². The highest BCUT2D eigenvalue weighted by molar-refractivity contribution is 5.99. The number of anilines is 3. The van der Waals surface area contributed by atoms with Crippen LogP contribution in [0.4, 0.5) is 22.2 Å². The van der Waals surface area contributed by atoms with E-state index in [0.717, 1.165) is 28.1 Å². The number of H-pyrrole nitrogens is 1. The largest absolute Gasteiger partial charge is 0.368 e. The molecular formula is C24H20N10O. The zero-order valence-corrected chi connectivity index (χ0v) is 18.4. The van der Waals surface area contributed by atoms with E-state index in [2.05, 4.69) is 45.8 Å². The smallest absolute Gasteiger partial charge is 0.324 e. The van der Waals surface area contributed by atoms with Crippen molar-refractivity contribution in [1.29, 1.82) is 0 Å². The van der Waals surface area contributed by atoms with Gasteiger partial charge in [0.15, 0.2) is 5.82 Å². The number of carbonyl (C=O) groups excluding carboxylic acids is 1. The van der Waals surface area contributed by atoms with Crippen molar-refractivity contribution in [3.05, 3.63) is 90.9 Å². The zero-order valence-electron chi connectivity index (χ0n) is 18.4. The van der Waals surface area contributed by atoms with Crippen LogP contribution in [0.15, 0.2) is 79.5 Å². The van der Waals surface area contributed by atoms with Crippen LogP contribution >= 0.6 is 0 Å². The molecule has 0 saturated carbocycles. The van der Waals surface area contributed by atoms with Gasteiger partial charge in [0, 0.05) is 54.2 Å². The number of nitrogens with one attached hydrogen (secondary N) is 3. The van der Waals surface area contributed by atoms with Gasteiger partial charge in [0.2, 0.25) is 5.95 Å². The molecule has 4 heterocycles. The Hall–Kier alpha value is -5.19. The van der Waals surface area contributed by atoms with Gasteiger partial charge in [-0.05, 0) is 47.5 Å². The van der Waals surface area contributed by atoms with Gasteiger partial charge >= 0.3 is 6.03 Å². The van der Waals surface area contributed by atoms with Gasteiger partial charge in [-0.1, -0.05) is 12.1 Å². The first kappa shape index (κ1) is 21.6. The highest BCUT2D eigenvalue weighted by atomic mass is 16.2. The average molecular weight is 464 g/mol. The third-order valence-corrected chi connectivity index (χ3v) is 5.06. The maximum atomic E-state index is 12.5. The maximum Gasteiger partial charge on any atom is 0.324 e. The summed E-state index contributed by atoms with van der Waals surface area (Å²) in [5.74, 6) is 1.96. The van der Waals surface area contributed by atoms with Crippen LogP contribution < -0.4 is 16.4 Å². The number of pyridine rings is 2. The highest BCUT2D eigenvalue weighted by Crippen LogP contribution is 2.20. The summed E-state index contributed by atoms with van der Waals surface area (Å²) in [5.41, 5.74) is 9.67. The molecule has 0 saturated heterocycles. The van der Waals surface area contributed by atoms with Crippen LogP contribution in [-0.4, -0.2) is 41.1 Å². The Kier molecular flexibility index (Phi) is 6.03. The van der Waals surface area contributed by atoms with Gasteiger partial charge in [0.25, 0.3) is 0 Å². The summed E-state index contributed by atoms with van der Waals surface area (Å²) in [6.07, 6.45) is 8.81. The number of aromatic amines is 1. The number of urea groups is 1. The summed E-state index contributed by atoms with van der Waals surface area (Å²) >= 11 is 0. The van der Waals surface area contributed by atoms with E-state index in [-0.39, 0.29) is 5.95 Å². The fraction of sp³-hybridized carbons (Fsp3) is 0.0417. The molecule has 0 atom stereocenters. The number of nitrogen functional groups attached to an aromatic ring is 1. The molecule has 11 nitrogen and oxygen atoms in total. The van der Waals surface area contributed by atoms with E-state index in [9.17, 15) is 4.79 Å². The molecule has 2 amide bonds. The van der Waals surface area contributed by atoms with Gasteiger partial charge in [-0.2, -0.15) is 5.10 Å². The van der Waals surface area contributed by atoms with Crippen LogP contribution in [0.1, 0.15) is 11.4 Å². The third kappa shape index (κ3) is 5.42. The van der Waals surface area contributed by atoms with Gasteiger partial charge < -0.3 is 11.1 Å². The lowest BCUT2D eigenvalue weighted by atomic mass is 10.1. The molecular weight excluding hydrogens is 444 g/mol. The molecule has 0 spiro atoms. The molecule has 5 N–H and O–H groups in total. The number of hydrogen-bond donors (Lipinski definition) is 4. The minimum absolute atomic E-state index is 0.196. The summed E-state index contributed by atoms with van der Waals surface area (Å²) in [7, 11) is 0. The zero-order chi connectivity index (χ0) is 24.0. The third-order valence-electron chi connectivity index (χ3n) is 5.06. The summed E-state index contributed by atoms with van der Waals surface area (Å²) < 4.78 is 0. The lowest BCUT2D eigenvalue weighted by Crippen LogP contribution is -2.20. The Bertz CT molecular complexity index is 1430. The Balaban J connectivity index is 1.19. The van der Waals surface area contributed by atoms with Crippen molar-refractivity contribution in [3.63, 3.8) is 0 Å². The topological polar surface area (TPSA) is 160 Å². The van der Waals surface area contributed by atoms with Gasteiger partial charge in [-0.15, -0.1) is 0 Å². The molecule has 0 aliphatic carbocycles. The van der Waals surface area contributed by atoms with Crippen molar-refractivity contribution in [1.82, 2.24) is 35.1 Å². The predicted molar refractivity (Wildman–Crippen MR) is 131 cm³/mol. The van der Waals surface area contributed by atoms with Crippen LogP contribution in [0.2, 0.25) is 0 Å². The first-order chi connectivity index (χ1) is 17.1. The molecule has 0 aliphatic rings. The van der Waals surface area contributed by atoms with E-state index < -0.39 is 6.03 Å². The SMILES string of the molecule is Nc1ncc(-c2ccnc(NC(=O)Nc3ccc(Cc4nc(-c5ccncc5)n[nH]4)cc3)c2)cn1. The van der Waals surface area contributed by atoms with Crippen LogP contribution in [0.25, 0.3) is 22.5 Å². The van der Waals surface area contributed by atoms with E-state index in [1.54, 1.807) is 43.1 Å². The fourth-order valence-corrected chi connectivity index (χ4v) is 3.35. The quantitative estimate of drug-likeness (QED) is 0.297. The molecule has 172 valence electrons. The molecule has 35 heavy (non-hydrogen) atoms. The van der Waals surface area contributed by atoms with Crippen molar-refractivity contribution in [2.24, 2.45) is 0 Å². The summed E-state index contributed by atoms with van der Waals surface area (Å²) in [6.45, 7) is 0.